The van der Waals surface area contributed by atoms with E-state index in [1.165, 1.54) is 38.6 Å². The molecule has 0 bridgehead atoms. The predicted molar refractivity (Wildman–Crippen MR) is 82.5 cm³/mol. The van der Waals surface area contributed by atoms with Gasteiger partial charge < -0.3 is 15.3 Å². The van der Waals surface area contributed by atoms with Crippen LogP contribution in [0.1, 0.15) is 59.3 Å². The molecule has 0 aromatic heterocycles. The second kappa shape index (κ2) is 8.23. The van der Waals surface area contributed by atoms with Crippen molar-refractivity contribution < 1.29 is 5.11 Å². The Balaban J connectivity index is 2.48. The second-order valence-corrected chi connectivity index (χ2v) is 6.88. The molecule has 0 heterocycles. The Bertz CT molecular complexity index is 233. The third-order valence-electron chi connectivity index (χ3n) is 4.74. The molecule has 0 aromatic rings. The van der Waals surface area contributed by atoms with Crippen LogP contribution in [-0.4, -0.2) is 48.3 Å². The molecular formula is C16H34N2O. The fourth-order valence-electron chi connectivity index (χ4n) is 2.84. The summed E-state index contributed by atoms with van der Waals surface area (Å²) in [6, 6.07) is 0.790. The van der Waals surface area contributed by atoms with Crippen LogP contribution in [-0.2, 0) is 0 Å². The van der Waals surface area contributed by atoms with E-state index in [4.69, 9.17) is 0 Å². The first kappa shape index (κ1) is 16.9. The first-order chi connectivity index (χ1) is 9.00. The number of likely N-dealkylation sites (N-methyl/N-ethyl adjacent to an activating group) is 1. The topological polar surface area (TPSA) is 35.5 Å². The second-order valence-electron chi connectivity index (χ2n) is 6.88. The zero-order valence-electron chi connectivity index (χ0n) is 13.4. The number of aliphatic hydroxyl groups excluding tert-OH is 1. The molecule has 1 aliphatic carbocycles. The van der Waals surface area contributed by atoms with Crippen molar-refractivity contribution in [1.29, 1.82) is 0 Å². The molecule has 114 valence electrons. The zero-order valence-corrected chi connectivity index (χ0v) is 13.4. The van der Waals surface area contributed by atoms with E-state index in [1.54, 1.807) is 0 Å². The molecule has 0 aromatic carbocycles. The van der Waals surface area contributed by atoms with Crippen LogP contribution in [0.25, 0.3) is 0 Å². The fraction of sp³-hybridized carbons (Fsp3) is 1.00. The van der Waals surface area contributed by atoms with Crippen LogP contribution < -0.4 is 5.32 Å². The largest absolute Gasteiger partial charge is 0.394 e. The number of rotatable bonds is 9. The van der Waals surface area contributed by atoms with E-state index in [1.807, 2.05) is 7.05 Å². The van der Waals surface area contributed by atoms with Gasteiger partial charge in [0.05, 0.1) is 6.61 Å². The quantitative estimate of drug-likeness (QED) is 0.676. The Morgan fingerprint density at radius 2 is 1.89 bits per heavy atom. The lowest BCUT2D eigenvalue weighted by Gasteiger charge is -2.34. The van der Waals surface area contributed by atoms with Crippen LogP contribution in [0, 0.1) is 5.92 Å². The van der Waals surface area contributed by atoms with E-state index in [-0.39, 0.29) is 12.1 Å². The number of nitrogens with one attached hydrogen (secondary N) is 1. The lowest BCUT2D eigenvalue weighted by Crippen LogP contribution is -2.47. The van der Waals surface area contributed by atoms with Gasteiger partial charge in [0.15, 0.2) is 0 Å². The highest BCUT2D eigenvalue weighted by Gasteiger charge is 2.26. The van der Waals surface area contributed by atoms with Crippen molar-refractivity contribution >= 4 is 0 Å². The van der Waals surface area contributed by atoms with Crippen LogP contribution in [0.15, 0.2) is 0 Å². The van der Waals surface area contributed by atoms with Crippen molar-refractivity contribution in [3.8, 4) is 0 Å². The minimum atomic E-state index is -0.130. The highest BCUT2D eigenvalue weighted by molar-refractivity contribution is 4.84. The van der Waals surface area contributed by atoms with E-state index in [9.17, 15) is 5.11 Å². The normalized spacial score (nSPS) is 20.4. The van der Waals surface area contributed by atoms with Gasteiger partial charge in [-0.15, -0.1) is 0 Å². The minimum Gasteiger partial charge on any atom is -0.394 e. The summed E-state index contributed by atoms with van der Waals surface area (Å²) in [5.74, 6) is 0.775. The Labute approximate surface area is 119 Å². The highest BCUT2D eigenvalue weighted by atomic mass is 16.3. The van der Waals surface area contributed by atoms with Crippen LogP contribution >= 0.6 is 0 Å². The van der Waals surface area contributed by atoms with Crippen molar-refractivity contribution in [1.82, 2.24) is 10.2 Å². The molecule has 19 heavy (non-hydrogen) atoms. The van der Waals surface area contributed by atoms with Gasteiger partial charge in [0.1, 0.15) is 0 Å². The average Bonchev–Trinajstić information content (AvgIpc) is 2.92. The van der Waals surface area contributed by atoms with Gasteiger partial charge in [-0.05, 0) is 52.1 Å². The molecule has 1 saturated carbocycles. The van der Waals surface area contributed by atoms with Crippen LogP contribution in [0.5, 0.6) is 0 Å². The van der Waals surface area contributed by atoms with E-state index in [0.717, 1.165) is 24.9 Å². The Kier molecular flexibility index (Phi) is 7.33. The first-order valence-electron chi connectivity index (χ1n) is 8.04. The summed E-state index contributed by atoms with van der Waals surface area (Å²) in [7, 11) is 1.95. The Morgan fingerprint density at radius 3 is 2.37 bits per heavy atom. The number of aliphatic hydroxyl groups is 1. The van der Waals surface area contributed by atoms with Crippen molar-refractivity contribution in [3.05, 3.63) is 0 Å². The molecule has 1 atom stereocenters. The van der Waals surface area contributed by atoms with Gasteiger partial charge >= 0.3 is 0 Å². The smallest absolute Gasteiger partial charge is 0.0610 e. The number of hydrogen-bond acceptors (Lipinski definition) is 3. The Morgan fingerprint density at radius 1 is 1.26 bits per heavy atom. The molecule has 2 N–H and O–H groups in total. The zero-order chi connectivity index (χ0) is 14.3. The van der Waals surface area contributed by atoms with Gasteiger partial charge in [-0.3, -0.25) is 0 Å². The van der Waals surface area contributed by atoms with Gasteiger partial charge in [0.25, 0.3) is 0 Å². The maximum absolute atomic E-state index is 9.50. The maximum atomic E-state index is 9.50. The molecule has 1 unspecified atom stereocenters. The molecule has 0 spiro atoms. The van der Waals surface area contributed by atoms with E-state index >= 15 is 0 Å². The van der Waals surface area contributed by atoms with Crippen LogP contribution in [0.2, 0.25) is 0 Å². The van der Waals surface area contributed by atoms with Crippen molar-refractivity contribution in [2.45, 2.75) is 70.9 Å². The van der Waals surface area contributed by atoms with E-state index in [2.05, 4.69) is 31.0 Å². The summed E-state index contributed by atoms with van der Waals surface area (Å²) >= 11 is 0. The predicted octanol–water partition coefficient (Wildman–Crippen LogP) is 2.64. The lowest BCUT2D eigenvalue weighted by atomic mass is 9.98. The molecule has 0 aliphatic heterocycles. The molecule has 0 saturated heterocycles. The molecule has 0 amide bonds. The third-order valence-corrected chi connectivity index (χ3v) is 4.74. The van der Waals surface area contributed by atoms with Gasteiger partial charge in [0.2, 0.25) is 0 Å². The Hall–Kier alpha value is -0.120. The molecule has 1 aliphatic rings. The fourth-order valence-corrected chi connectivity index (χ4v) is 2.84. The molecule has 0 radical (unpaired) electrons. The maximum Gasteiger partial charge on any atom is 0.0610 e. The molecule has 3 nitrogen and oxygen atoms in total. The first-order valence-corrected chi connectivity index (χ1v) is 8.04. The van der Waals surface area contributed by atoms with E-state index < -0.39 is 0 Å². The SMILES string of the molecule is CNC(C)(CO)CCN(CCC(C)C)C1CCCC1. The van der Waals surface area contributed by atoms with Crippen molar-refractivity contribution in [2.24, 2.45) is 5.92 Å². The summed E-state index contributed by atoms with van der Waals surface area (Å²) in [6.45, 7) is 9.26. The average molecular weight is 270 g/mol. The summed E-state index contributed by atoms with van der Waals surface area (Å²) in [5, 5.41) is 12.8. The van der Waals surface area contributed by atoms with Gasteiger partial charge in [-0.25, -0.2) is 0 Å². The number of hydrogen-bond donors (Lipinski definition) is 2. The summed E-state index contributed by atoms with van der Waals surface area (Å²) in [5.41, 5.74) is -0.130. The summed E-state index contributed by atoms with van der Waals surface area (Å²) in [4.78, 5) is 2.68. The van der Waals surface area contributed by atoms with Gasteiger partial charge in [-0.1, -0.05) is 26.7 Å². The highest BCUT2D eigenvalue weighted by Crippen LogP contribution is 2.25. The van der Waals surface area contributed by atoms with Crippen LogP contribution in [0.3, 0.4) is 0 Å². The summed E-state index contributed by atoms with van der Waals surface area (Å²) in [6.07, 6.45) is 7.83. The molecular weight excluding hydrogens is 236 g/mol. The van der Waals surface area contributed by atoms with Gasteiger partial charge in [0, 0.05) is 18.1 Å². The minimum absolute atomic E-state index is 0.130. The standard InChI is InChI=1S/C16H34N2O/c1-14(2)9-11-18(15-7-5-6-8-15)12-10-16(3,13-19)17-4/h14-15,17,19H,5-13H2,1-4H3. The lowest BCUT2D eigenvalue weighted by molar-refractivity contribution is 0.130. The summed E-state index contributed by atoms with van der Waals surface area (Å²) < 4.78 is 0. The molecule has 3 heteroatoms. The molecule has 1 rings (SSSR count). The van der Waals surface area contributed by atoms with Gasteiger partial charge in [-0.2, -0.15) is 0 Å². The third kappa shape index (κ3) is 5.80. The monoisotopic (exact) mass is 270 g/mol. The van der Waals surface area contributed by atoms with Crippen LogP contribution in [0.4, 0.5) is 0 Å². The van der Waals surface area contributed by atoms with E-state index in [0.29, 0.717) is 0 Å². The number of nitrogens with zero attached hydrogens (tertiary/aromatic N) is 1. The molecule has 1 fully saturated rings. The van der Waals surface area contributed by atoms with Crippen molar-refractivity contribution in [3.63, 3.8) is 0 Å². The van der Waals surface area contributed by atoms with Crippen molar-refractivity contribution in [2.75, 3.05) is 26.7 Å².